The average Bonchev–Trinajstić information content (AvgIpc) is 2.57. The predicted molar refractivity (Wildman–Crippen MR) is 91.5 cm³/mol. The zero-order valence-corrected chi connectivity index (χ0v) is 14.1. The van der Waals surface area contributed by atoms with Crippen LogP contribution in [0.4, 0.5) is 0 Å². The first kappa shape index (κ1) is 17.4. The Balaban J connectivity index is 2.47. The molecule has 2 aromatic carbocycles. The Morgan fingerprint density at radius 1 is 1.17 bits per heavy atom. The van der Waals surface area contributed by atoms with E-state index in [4.69, 9.17) is 14.2 Å². The first-order valence-corrected chi connectivity index (χ1v) is 7.38. The molecule has 0 aliphatic heterocycles. The van der Waals surface area contributed by atoms with E-state index in [9.17, 15) is 9.90 Å². The summed E-state index contributed by atoms with van der Waals surface area (Å²) in [7, 11) is 2.63. The van der Waals surface area contributed by atoms with E-state index in [2.05, 4.69) is 0 Å². The van der Waals surface area contributed by atoms with E-state index in [-0.39, 0.29) is 22.8 Å². The van der Waals surface area contributed by atoms with Crippen LogP contribution < -0.4 is 9.47 Å². The normalized spacial score (nSPS) is 11.1. The number of aryl methyl sites for hydroxylation is 1. The van der Waals surface area contributed by atoms with Crippen molar-refractivity contribution in [2.24, 2.45) is 0 Å². The van der Waals surface area contributed by atoms with Gasteiger partial charge in [0.1, 0.15) is 17.1 Å². The summed E-state index contributed by atoms with van der Waals surface area (Å²) in [6.45, 7) is 3.48. The molecule has 5 nitrogen and oxygen atoms in total. The minimum atomic E-state index is -0.648. The molecule has 2 aromatic rings. The van der Waals surface area contributed by atoms with Gasteiger partial charge in [-0.25, -0.2) is 4.79 Å². The molecule has 0 fully saturated rings. The Hall–Kier alpha value is -2.95. The lowest BCUT2D eigenvalue weighted by molar-refractivity contribution is 0.0593. The van der Waals surface area contributed by atoms with E-state index < -0.39 is 5.97 Å². The number of carbonyl (C=O) groups is 1. The molecule has 0 bridgehead atoms. The Morgan fingerprint density at radius 2 is 1.83 bits per heavy atom. The van der Waals surface area contributed by atoms with Gasteiger partial charge in [-0.2, -0.15) is 0 Å². The Kier molecular flexibility index (Phi) is 5.47. The van der Waals surface area contributed by atoms with Crippen LogP contribution >= 0.6 is 0 Å². The predicted octanol–water partition coefficient (Wildman–Crippen LogP) is 3.94. The number of carbonyl (C=O) groups excluding carboxylic acids is 1. The maximum Gasteiger partial charge on any atom is 0.345 e. The number of hydrogen-bond acceptors (Lipinski definition) is 5. The Morgan fingerprint density at radius 3 is 2.42 bits per heavy atom. The molecule has 24 heavy (non-hydrogen) atoms. The van der Waals surface area contributed by atoms with E-state index in [1.54, 1.807) is 19.9 Å². The van der Waals surface area contributed by atoms with Gasteiger partial charge in [-0.3, -0.25) is 0 Å². The minimum absolute atomic E-state index is 0.0318. The lowest BCUT2D eigenvalue weighted by Gasteiger charge is -2.16. The van der Waals surface area contributed by atoms with Crippen LogP contribution in [-0.4, -0.2) is 25.3 Å². The topological polar surface area (TPSA) is 65.0 Å². The van der Waals surface area contributed by atoms with Crippen molar-refractivity contribution in [3.05, 3.63) is 58.8 Å². The number of methoxy groups -OCH3 is 2. The van der Waals surface area contributed by atoms with Crippen LogP contribution in [0.1, 0.15) is 28.4 Å². The van der Waals surface area contributed by atoms with Crippen LogP contribution in [0.3, 0.4) is 0 Å². The first-order valence-electron chi connectivity index (χ1n) is 7.38. The SMILES string of the molecule is COC(=O)c1c(OC(C)=Cc2ccccc2)cc(C)c(O)c1OC. The number of esters is 1. The molecule has 2 rings (SSSR count). The van der Waals surface area contributed by atoms with Gasteiger partial charge in [-0.15, -0.1) is 0 Å². The monoisotopic (exact) mass is 328 g/mol. The lowest BCUT2D eigenvalue weighted by Crippen LogP contribution is -2.08. The van der Waals surface area contributed by atoms with Gasteiger partial charge in [-0.1, -0.05) is 30.3 Å². The number of allylic oxidation sites excluding steroid dienone is 1. The summed E-state index contributed by atoms with van der Waals surface area (Å²) in [6.07, 6.45) is 1.84. The van der Waals surface area contributed by atoms with Crippen LogP contribution in [0.2, 0.25) is 0 Å². The van der Waals surface area contributed by atoms with Crippen LogP contribution in [0.15, 0.2) is 42.2 Å². The largest absolute Gasteiger partial charge is 0.504 e. The molecule has 0 radical (unpaired) electrons. The Bertz CT molecular complexity index is 763. The highest BCUT2D eigenvalue weighted by Crippen LogP contribution is 2.40. The quantitative estimate of drug-likeness (QED) is 0.665. The highest BCUT2D eigenvalue weighted by molar-refractivity contribution is 5.97. The summed E-state index contributed by atoms with van der Waals surface area (Å²) in [5.74, 6) is 0.112. The summed E-state index contributed by atoms with van der Waals surface area (Å²) < 4.78 is 15.8. The van der Waals surface area contributed by atoms with Crippen LogP contribution in [-0.2, 0) is 4.74 Å². The van der Waals surface area contributed by atoms with Gasteiger partial charge in [0.05, 0.1) is 14.2 Å². The summed E-state index contributed by atoms with van der Waals surface area (Å²) >= 11 is 0. The summed E-state index contributed by atoms with van der Waals surface area (Å²) in [4.78, 5) is 12.1. The number of ether oxygens (including phenoxy) is 3. The highest BCUT2D eigenvalue weighted by atomic mass is 16.5. The molecule has 0 aliphatic carbocycles. The van der Waals surface area contributed by atoms with E-state index in [0.29, 0.717) is 11.3 Å². The summed E-state index contributed by atoms with van der Waals surface area (Å²) in [5.41, 5.74) is 1.54. The number of hydrogen-bond donors (Lipinski definition) is 1. The van der Waals surface area contributed by atoms with E-state index in [1.165, 1.54) is 14.2 Å². The van der Waals surface area contributed by atoms with Gasteiger partial charge in [0.2, 0.25) is 0 Å². The summed E-state index contributed by atoms with van der Waals surface area (Å²) in [5, 5.41) is 10.1. The van der Waals surface area contributed by atoms with Gasteiger partial charge in [0.25, 0.3) is 0 Å². The molecule has 0 amide bonds. The maximum atomic E-state index is 12.1. The van der Waals surface area contributed by atoms with Gasteiger partial charge >= 0.3 is 5.97 Å². The second kappa shape index (κ2) is 7.55. The van der Waals surface area contributed by atoms with Crippen LogP contribution in [0.25, 0.3) is 6.08 Å². The van der Waals surface area contributed by atoms with Gasteiger partial charge in [-0.05, 0) is 37.1 Å². The third kappa shape index (κ3) is 3.68. The average molecular weight is 328 g/mol. The van der Waals surface area contributed by atoms with Crippen LogP contribution in [0, 0.1) is 6.92 Å². The van der Waals surface area contributed by atoms with Crippen molar-refractivity contribution in [1.82, 2.24) is 0 Å². The third-order valence-corrected chi connectivity index (χ3v) is 3.44. The van der Waals surface area contributed by atoms with Gasteiger partial charge < -0.3 is 19.3 Å². The third-order valence-electron chi connectivity index (χ3n) is 3.44. The summed E-state index contributed by atoms with van der Waals surface area (Å²) in [6, 6.07) is 11.2. The van der Waals surface area contributed by atoms with Gasteiger partial charge in [0, 0.05) is 0 Å². The molecule has 0 heterocycles. The molecular weight excluding hydrogens is 308 g/mol. The molecule has 0 spiro atoms. The van der Waals surface area contributed by atoms with Crippen molar-refractivity contribution in [1.29, 1.82) is 0 Å². The van der Waals surface area contributed by atoms with E-state index >= 15 is 0 Å². The van der Waals surface area contributed by atoms with Crippen molar-refractivity contribution >= 4 is 12.0 Å². The molecule has 0 saturated carbocycles. The molecule has 0 unspecified atom stereocenters. The fourth-order valence-corrected chi connectivity index (χ4v) is 2.31. The standard InChI is InChI=1S/C19H20O5/c1-12-10-15(16(19(21)23-4)18(22-3)17(12)20)24-13(2)11-14-8-6-5-7-9-14/h5-11,20H,1-4H3. The fourth-order valence-electron chi connectivity index (χ4n) is 2.31. The number of benzene rings is 2. The first-order chi connectivity index (χ1) is 11.5. The van der Waals surface area contributed by atoms with Crippen LogP contribution in [0.5, 0.6) is 17.2 Å². The lowest BCUT2D eigenvalue weighted by atomic mass is 10.1. The molecule has 0 aromatic heterocycles. The smallest absolute Gasteiger partial charge is 0.345 e. The number of aromatic hydroxyl groups is 1. The second-order valence-electron chi connectivity index (χ2n) is 5.21. The van der Waals surface area contributed by atoms with E-state index in [0.717, 1.165) is 5.56 Å². The number of phenolic OH excluding ortho intramolecular Hbond substituents is 1. The highest BCUT2D eigenvalue weighted by Gasteiger charge is 2.25. The molecule has 0 atom stereocenters. The Labute approximate surface area is 141 Å². The molecule has 0 saturated heterocycles. The second-order valence-corrected chi connectivity index (χ2v) is 5.21. The molecule has 126 valence electrons. The molecule has 1 N–H and O–H groups in total. The van der Waals surface area contributed by atoms with Crippen molar-refractivity contribution in [3.8, 4) is 17.2 Å². The van der Waals surface area contributed by atoms with Crippen molar-refractivity contribution in [2.75, 3.05) is 14.2 Å². The van der Waals surface area contributed by atoms with Gasteiger partial charge in [0.15, 0.2) is 11.5 Å². The van der Waals surface area contributed by atoms with E-state index in [1.807, 2.05) is 36.4 Å². The zero-order chi connectivity index (χ0) is 17.7. The van der Waals surface area contributed by atoms with Crippen molar-refractivity contribution in [3.63, 3.8) is 0 Å². The zero-order valence-electron chi connectivity index (χ0n) is 14.1. The molecule has 5 heteroatoms. The van der Waals surface area contributed by atoms with Crippen molar-refractivity contribution in [2.45, 2.75) is 13.8 Å². The maximum absolute atomic E-state index is 12.1. The van der Waals surface area contributed by atoms with Crippen molar-refractivity contribution < 1.29 is 24.1 Å². The number of phenols is 1. The fraction of sp³-hybridized carbons (Fsp3) is 0.211. The minimum Gasteiger partial charge on any atom is -0.504 e. The molecular formula is C19H20O5. The number of rotatable bonds is 5. The molecule has 0 aliphatic rings.